The molecule has 0 amide bonds. The summed E-state index contributed by atoms with van der Waals surface area (Å²) in [5.74, 6) is 0.863. The van der Waals surface area contributed by atoms with E-state index in [1.54, 1.807) is 7.05 Å². The minimum atomic E-state index is 0.0512. The van der Waals surface area contributed by atoms with Gasteiger partial charge in [0, 0.05) is 24.7 Å². The Morgan fingerprint density at radius 1 is 1.22 bits per heavy atom. The average Bonchev–Trinajstić information content (AvgIpc) is 3.03. The molecule has 1 atom stereocenters. The monoisotopic (exact) mass is 312 g/mol. The molecule has 1 heterocycles. The maximum absolute atomic E-state index is 12.1. The smallest absolute Gasteiger partial charge is 0.270 e. The molecule has 1 aromatic carbocycles. The van der Waals surface area contributed by atoms with E-state index < -0.39 is 0 Å². The first-order chi connectivity index (χ1) is 11.1. The van der Waals surface area contributed by atoms with Crippen molar-refractivity contribution in [3.63, 3.8) is 0 Å². The Kier molecular flexibility index (Phi) is 4.48. The van der Waals surface area contributed by atoms with Crippen LogP contribution in [0.3, 0.4) is 0 Å². The lowest BCUT2D eigenvalue weighted by Gasteiger charge is -2.25. The summed E-state index contributed by atoms with van der Waals surface area (Å²) < 4.78 is 1.46. The Balaban J connectivity index is 1.84. The van der Waals surface area contributed by atoms with E-state index in [4.69, 9.17) is 0 Å². The fourth-order valence-corrected chi connectivity index (χ4v) is 3.30. The molecule has 0 saturated carbocycles. The highest BCUT2D eigenvalue weighted by atomic mass is 16.1. The molecule has 1 aliphatic carbocycles. The maximum atomic E-state index is 12.1. The minimum Gasteiger partial charge on any atom is -0.366 e. The second kappa shape index (κ2) is 6.54. The standard InChI is InChI=1S/C18H24N4O/c1-21(2)16(13-8-5-4-6-9-13)12-19-17-14-10-7-11-15(14)18(23)22(3)20-17/h4-6,8-9,16H,7,10-12H2,1-3H3,(H,19,20). The summed E-state index contributed by atoms with van der Waals surface area (Å²) in [7, 11) is 5.89. The van der Waals surface area contributed by atoms with Crippen LogP contribution in [0.1, 0.15) is 29.2 Å². The van der Waals surface area contributed by atoms with Gasteiger partial charge in [0.1, 0.15) is 5.82 Å². The highest BCUT2D eigenvalue weighted by Crippen LogP contribution is 2.25. The van der Waals surface area contributed by atoms with Gasteiger partial charge in [-0.05, 0) is 38.9 Å². The van der Waals surface area contributed by atoms with Crippen molar-refractivity contribution in [2.75, 3.05) is 26.0 Å². The van der Waals surface area contributed by atoms with Gasteiger partial charge in [0.05, 0.1) is 6.04 Å². The van der Waals surface area contributed by atoms with Gasteiger partial charge in [-0.15, -0.1) is 0 Å². The summed E-state index contributed by atoms with van der Waals surface area (Å²) in [5.41, 5.74) is 3.37. The number of nitrogens with one attached hydrogen (secondary N) is 1. The van der Waals surface area contributed by atoms with Crippen LogP contribution in [0.2, 0.25) is 0 Å². The molecule has 5 nitrogen and oxygen atoms in total. The van der Waals surface area contributed by atoms with Crippen molar-refractivity contribution >= 4 is 5.82 Å². The molecule has 2 aromatic rings. The molecule has 0 spiro atoms. The molecule has 0 fully saturated rings. The van der Waals surface area contributed by atoms with Crippen molar-refractivity contribution in [3.8, 4) is 0 Å². The fourth-order valence-electron chi connectivity index (χ4n) is 3.30. The molecule has 1 aromatic heterocycles. The van der Waals surface area contributed by atoms with Crippen molar-refractivity contribution in [2.24, 2.45) is 7.05 Å². The van der Waals surface area contributed by atoms with Gasteiger partial charge in [0.2, 0.25) is 0 Å². The number of likely N-dealkylation sites (N-methyl/N-ethyl adjacent to an activating group) is 1. The summed E-state index contributed by atoms with van der Waals surface area (Å²) in [5, 5.41) is 7.92. The lowest BCUT2D eigenvalue weighted by atomic mass is 10.1. The highest BCUT2D eigenvalue weighted by Gasteiger charge is 2.22. The SMILES string of the molecule is CN(C)C(CNc1nn(C)c(=O)c2c1CCC2)c1ccccc1. The van der Waals surface area contributed by atoms with Crippen molar-refractivity contribution in [3.05, 3.63) is 57.4 Å². The zero-order valence-electron chi connectivity index (χ0n) is 14.0. The predicted octanol–water partition coefficient (Wildman–Crippen LogP) is 1.98. The molecule has 0 bridgehead atoms. The first-order valence-corrected chi connectivity index (χ1v) is 8.12. The van der Waals surface area contributed by atoms with Gasteiger partial charge in [-0.1, -0.05) is 30.3 Å². The zero-order valence-corrected chi connectivity index (χ0v) is 14.0. The molecule has 23 heavy (non-hydrogen) atoms. The lowest BCUT2D eigenvalue weighted by Crippen LogP contribution is -2.29. The number of fused-ring (bicyclic) bond motifs is 1. The summed E-state index contributed by atoms with van der Waals surface area (Å²) in [6.45, 7) is 0.759. The maximum Gasteiger partial charge on any atom is 0.270 e. The fraction of sp³-hybridized carbons (Fsp3) is 0.444. The molecule has 1 N–H and O–H groups in total. The van der Waals surface area contributed by atoms with Crippen molar-refractivity contribution in [2.45, 2.75) is 25.3 Å². The summed E-state index contributed by atoms with van der Waals surface area (Å²) in [6.07, 6.45) is 2.86. The number of rotatable bonds is 5. The molecule has 1 aliphatic rings. The molecule has 3 rings (SSSR count). The van der Waals surface area contributed by atoms with E-state index in [9.17, 15) is 4.79 Å². The van der Waals surface area contributed by atoms with Crippen LogP contribution in [-0.4, -0.2) is 35.3 Å². The summed E-state index contributed by atoms with van der Waals surface area (Å²) >= 11 is 0. The Labute approximate surface area is 136 Å². The van der Waals surface area contributed by atoms with Crippen LogP contribution in [0.25, 0.3) is 0 Å². The van der Waals surface area contributed by atoms with Gasteiger partial charge in [0.15, 0.2) is 0 Å². The third kappa shape index (κ3) is 3.15. The van der Waals surface area contributed by atoms with Crippen molar-refractivity contribution in [1.82, 2.24) is 14.7 Å². The molecule has 0 aliphatic heterocycles. The molecule has 0 saturated heterocycles. The second-order valence-electron chi connectivity index (χ2n) is 6.36. The van der Waals surface area contributed by atoms with E-state index in [2.05, 4.69) is 53.7 Å². The van der Waals surface area contributed by atoms with Gasteiger partial charge < -0.3 is 10.2 Å². The van der Waals surface area contributed by atoms with Crippen LogP contribution in [0.15, 0.2) is 35.1 Å². The molecule has 122 valence electrons. The van der Waals surface area contributed by atoms with Crippen molar-refractivity contribution in [1.29, 1.82) is 0 Å². The number of aromatic nitrogens is 2. The first-order valence-electron chi connectivity index (χ1n) is 8.12. The summed E-state index contributed by atoms with van der Waals surface area (Å²) in [6, 6.07) is 10.7. The Morgan fingerprint density at radius 2 is 1.91 bits per heavy atom. The van der Waals surface area contributed by atoms with E-state index in [0.717, 1.165) is 42.8 Å². The number of benzene rings is 1. The molecule has 1 unspecified atom stereocenters. The number of nitrogens with zero attached hydrogens (tertiary/aromatic N) is 3. The molecule has 0 radical (unpaired) electrons. The van der Waals surface area contributed by atoms with Crippen LogP contribution < -0.4 is 10.9 Å². The first kappa shape index (κ1) is 15.7. The number of aryl methyl sites for hydroxylation is 1. The number of hydrogen-bond acceptors (Lipinski definition) is 4. The van der Waals surface area contributed by atoms with E-state index in [1.165, 1.54) is 10.2 Å². The normalized spacial score (nSPS) is 14.8. The third-order valence-electron chi connectivity index (χ3n) is 4.58. The Bertz CT molecular complexity index is 737. The highest BCUT2D eigenvalue weighted by molar-refractivity contribution is 5.49. The van der Waals surface area contributed by atoms with E-state index >= 15 is 0 Å². The summed E-state index contributed by atoms with van der Waals surface area (Å²) in [4.78, 5) is 14.3. The van der Waals surface area contributed by atoms with Gasteiger partial charge in [0.25, 0.3) is 5.56 Å². The van der Waals surface area contributed by atoms with Crippen LogP contribution in [0, 0.1) is 0 Å². The largest absolute Gasteiger partial charge is 0.366 e. The van der Waals surface area contributed by atoms with Crippen LogP contribution in [0.4, 0.5) is 5.82 Å². The Morgan fingerprint density at radius 3 is 2.61 bits per heavy atom. The molecule has 5 heteroatoms. The van der Waals surface area contributed by atoms with E-state index in [1.807, 2.05) is 6.07 Å². The number of anilines is 1. The lowest BCUT2D eigenvalue weighted by molar-refractivity contribution is 0.311. The quantitative estimate of drug-likeness (QED) is 0.917. The van der Waals surface area contributed by atoms with Gasteiger partial charge in [-0.3, -0.25) is 4.79 Å². The zero-order chi connectivity index (χ0) is 16.4. The van der Waals surface area contributed by atoms with Gasteiger partial charge in [-0.25, -0.2) is 4.68 Å². The van der Waals surface area contributed by atoms with Gasteiger partial charge >= 0.3 is 0 Å². The third-order valence-corrected chi connectivity index (χ3v) is 4.58. The van der Waals surface area contributed by atoms with Crippen molar-refractivity contribution < 1.29 is 0 Å². The molecular weight excluding hydrogens is 288 g/mol. The second-order valence-corrected chi connectivity index (χ2v) is 6.36. The van der Waals surface area contributed by atoms with E-state index in [0.29, 0.717) is 0 Å². The van der Waals surface area contributed by atoms with Crippen LogP contribution >= 0.6 is 0 Å². The van der Waals surface area contributed by atoms with Crippen LogP contribution in [-0.2, 0) is 19.9 Å². The molecular formula is C18H24N4O. The topological polar surface area (TPSA) is 50.2 Å². The van der Waals surface area contributed by atoms with E-state index in [-0.39, 0.29) is 11.6 Å². The van der Waals surface area contributed by atoms with Gasteiger partial charge in [-0.2, -0.15) is 5.10 Å². The Hall–Kier alpha value is -2.14. The minimum absolute atomic E-state index is 0.0512. The van der Waals surface area contributed by atoms with Crippen LogP contribution in [0.5, 0.6) is 0 Å². The predicted molar refractivity (Wildman–Crippen MR) is 92.9 cm³/mol. The average molecular weight is 312 g/mol. The number of hydrogen-bond donors (Lipinski definition) is 1.